The first kappa shape index (κ1) is 20.7. The minimum Gasteiger partial charge on any atom is -0.490 e. The summed E-state index contributed by atoms with van der Waals surface area (Å²) in [5, 5.41) is 5.86. The van der Waals surface area contributed by atoms with E-state index in [2.05, 4.69) is 10.6 Å². The lowest BCUT2D eigenvalue weighted by Crippen LogP contribution is -2.48. The van der Waals surface area contributed by atoms with Crippen molar-refractivity contribution in [2.75, 3.05) is 13.1 Å². The average Bonchev–Trinajstić information content (AvgIpc) is 2.73. The predicted octanol–water partition coefficient (Wildman–Crippen LogP) is 3.58. The molecule has 1 aliphatic rings. The SMILES string of the molecule is CC(C)NC(=O)N1CCC(Oc2cccc(C(=O)NCc3ccccc3)c2)CC1. The number of carbonyl (C=O) groups excluding carboxylic acids is 2. The van der Waals surface area contributed by atoms with Crippen molar-refractivity contribution < 1.29 is 14.3 Å². The van der Waals surface area contributed by atoms with Crippen LogP contribution in [0.4, 0.5) is 4.79 Å². The van der Waals surface area contributed by atoms with Crippen LogP contribution < -0.4 is 15.4 Å². The summed E-state index contributed by atoms with van der Waals surface area (Å²) >= 11 is 0. The summed E-state index contributed by atoms with van der Waals surface area (Å²) in [7, 11) is 0. The van der Waals surface area contributed by atoms with Gasteiger partial charge in [-0.1, -0.05) is 36.4 Å². The molecular formula is C23H29N3O3. The lowest BCUT2D eigenvalue weighted by atomic mass is 10.1. The highest BCUT2D eigenvalue weighted by molar-refractivity contribution is 5.94. The van der Waals surface area contributed by atoms with E-state index in [0.29, 0.717) is 30.9 Å². The normalized spacial score (nSPS) is 14.5. The van der Waals surface area contributed by atoms with Gasteiger partial charge in [-0.15, -0.1) is 0 Å². The van der Waals surface area contributed by atoms with E-state index in [1.807, 2.05) is 61.2 Å². The Morgan fingerprint density at radius 3 is 2.48 bits per heavy atom. The third kappa shape index (κ3) is 6.24. The molecule has 1 aliphatic heterocycles. The lowest BCUT2D eigenvalue weighted by molar-refractivity contribution is 0.0946. The van der Waals surface area contributed by atoms with Crippen LogP contribution in [0, 0.1) is 0 Å². The van der Waals surface area contributed by atoms with Gasteiger partial charge in [-0.25, -0.2) is 4.79 Å². The maximum Gasteiger partial charge on any atom is 0.317 e. The van der Waals surface area contributed by atoms with Gasteiger partial charge in [0.15, 0.2) is 0 Å². The topological polar surface area (TPSA) is 70.7 Å². The molecule has 1 saturated heterocycles. The third-order valence-corrected chi connectivity index (χ3v) is 4.84. The summed E-state index contributed by atoms with van der Waals surface area (Å²) in [6.07, 6.45) is 1.59. The molecule has 2 N–H and O–H groups in total. The van der Waals surface area contributed by atoms with Gasteiger partial charge in [-0.05, 0) is 37.6 Å². The van der Waals surface area contributed by atoms with Gasteiger partial charge >= 0.3 is 6.03 Å². The zero-order valence-electron chi connectivity index (χ0n) is 17.1. The molecule has 1 heterocycles. The highest BCUT2D eigenvalue weighted by Gasteiger charge is 2.24. The van der Waals surface area contributed by atoms with E-state index in [1.165, 1.54) is 0 Å². The molecule has 3 amide bonds. The second kappa shape index (κ2) is 9.96. The molecule has 0 aromatic heterocycles. The van der Waals surface area contributed by atoms with Crippen molar-refractivity contribution in [2.24, 2.45) is 0 Å². The molecule has 1 fully saturated rings. The first-order valence-corrected chi connectivity index (χ1v) is 10.2. The summed E-state index contributed by atoms with van der Waals surface area (Å²) in [6, 6.07) is 17.2. The van der Waals surface area contributed by atoms with Crippen LogP contribution >= 0.6 is 0 Å². The number of hydrogen-bond donors (Lipinski definition) is 2. The first-order valence-electron chi connectivity index (χ1n) is 10.2. The predicted molar refractivity (Wildman–Crippen MR) is 113 cm³/mol. The summed E-state index contributed by atoms with van der Waals surface area (Å²) in [5.74, 6) is 0.557. The lowest BCUT2D eigenvalue weighted by Gasteiger charge is -2.32. The molecule has 0 spiro atoms. The Bertz CT molecular complexity index is 815. The number of urea groups is 1. The van der Waals surface area contributed by atoms with Crippen LogP contribution in [0.1, 0.15) is 42.6 Å². The Hall–Kier alpha value is -3.02. The van der Waals surface area contributed by atoms with Crippen molar-refractivity contribution in [3.63, 3.8) is 0 Å². The van der Waals surface area contributed by atoms with Crippen LogP contribution in [0.2, 0.25) is 0 Å². The van der Waals surface area contributed by atoms with Gasteiger partial charge in [-0.3, -0.25) is 4.79 Å². The van der Waals surface area contributed by atoms with E-state index in [-0.39, 0.29) is 24.1 Å². The Labute approximate surface area is 172 Å². The van der Waals surface area contributed by atoms with Crippen LogP contribution in [0.5, 0.6) is 5.75 Å². The standard InChI is InChI=1S/C23H29N3O3/c1-17(2)25-23(28)26-13-11-20(12-14-26)29-21-10-6-9-19(15-21)22(27)24-16-18-7-4-3-5-8-18/h3-10,15,17,20H,11-14,16H2,1-2H3,(H,24,27)(H,25,28). The third-order valence-electron chi connectivity index (χ3n) is 4.84. The smallest absolute Gasteiger partial charge is 0.317 e. The van der Waals surface area contributed by atoms with Crippen molar-refractivity contribution in [2.45, 2.75) is 45.4 Å². The van der Waals surface area contributed by atoms with Crippen molar-refractivity contribution in [1.82, 2.24) is 15.5 Å². The summed E-state index contributed by atoms with van der Waals surface area (Å²) in [6.45, 7) is 5.73. The summed E-state index contributed by atoms with van der Waals surface area (Å²) < 4.78 is 6.08. The molecule has 3 rings (SSSR count). The Balaban J connectivity index is 1.50. The Morgan fingerprint density at radius 1 is 1.07 bits per heavy atom. The second-order valence-electron chi connectivity index (χ2n) is 7.60. The van der Waals surface area contributed by atoms with Crippen LogP contribution in [0.25, 0.3) is 0 Å². The number of hydrogen-bond acceptors (Lipinski definition) is 3. The fourth-order valence-electron chi connectivity index (χ4n) is 3.30. The zero-order valence-corrected chi connectivity index (χ0v) is 17.1. The van der Waals surface area contributed by atoms with E-state index in [1.54, 1.807) is 12.1 Å². The number of ether oxygens (including phenoxy) is 1. The molecule has 0 unspecified atom stereocenters. The molecule has 154 valence electrons. The summed E-state index contributed by atoms with van der Waals surface area (Å²) in [4.78, 5) is 26.4. The van der Waals surface area contributed by atoms with Gasteiger partial charge in [0, 0.05) is 44.1 Å². The average molecular weight is 396 g/mol. The molecule has 0 atom stereocenters. The van der Waals surface area contributed by atoms with Crippen LogP contribution in [-0.2, 0) is 6.54 Å². The highest BCUT2D eigenvalue weighted by atomic mass is 16.5. The monoisotopic (exact) mass is 395 g/mol. The minimum absolute atomic E-state index is 0.0180. The van der Waals surface area contributed by atoms with Gasteiger partial charge in [0.1, 0.15) is 11.9 Å². The molecule has 0 saturated carbocycles. The molecule has 0 radical (unpaired) electrons. The molecule has 6 nitrogen and oxygen atoms in total. The second-order valence-corrected chi connectivity index (χ2v) is 7.60. The van der Waals surface area contributed by atoms with Crippen molar-refractivity contribution in [1.29, 1.82) is 0 Å². The van der Waals surface area contributed by atoms with E-state index in [9.17, 15) is 9.59 Å². The van der Waals surface area contributed by atoms with E-state index in [4.69, 9.17) is 4.74 Å². The van der Waals surface area contributed by atoms with Gasteiger partial charge in [0.2, 0.25) is 0 Å². The molecule has 2 aromatic rings. The number of amides is 3. The molecule has 29 heavy (non-hydrogen) atoms. The largest absolute Gasteiger partial charge is 0.490 e. The molecular weight excluding hydrogens is 366 g/mol. The van der Waals surface area contributed by atoms with Crippen LogP contribution in [0.3, 0.4) is 0 Å². The van der Waals surface area contributed by atoms with Gasteiger partial charge in [0.25, 0.3) is 5.91 Å². The number of benzene rings is 2. The molecule has 2 aromatic carbocycles. The zero-order chi connectivity index (χ0) is 20.6. The van der Waals surface area contributed by atoms with E-state index in [0.717, 1.165) is 18.4 Å². The van der Waals surface area contributed by atoms with Crippen molar-refractivity contribution in [3.8, 4) is 5.75 Å². The molecule has 0 aliphatic carbocycles. The maximum absolute atomic E-state index is 12.5. The fraction of sp³-hybridized carbons (Fsp3) is 0.391. The number of nitrogens with one attached hydrogen (secondary N) is 2. The van der Waals surface area contributed by atoms with E-state index < -0.39 is 0 Å². The minimum atomic E-state index is -0.125. The number of carbonyl (C=O) groups is 2. The molecule has 6 heteroatoms. The number of piperidine rings is 1. The first-order chi connectivity index (χ1) is 14.0. The molecule has 0 bridgehead atoms. The maximum atomic E-state index is 12.5. The van der Waals surface area contributed by atoms with Gasteiger partial charge < -0.3 is 20.3 Å². The van der Waals surface area contributed by atoms with E-state index >= 15 is 0 Å². The highest BCUT2D eigenvalue weighted by Crippen LogP contribution is 2.20. The van der Waals surface area contributed by atoms with Gasteiger partial charge in [0.05, 0.1) is 0 Å². The number of likely N-dealkylation sites (tertiary alicyclic amines) is 1. The summed E-state index contributed by atoms with van der Waals surface area (Å²) in [5.41, 5.74) is 1.63. The number of rotatable bonds is 6. The van der Waals surface area contributed by atoms with Crippen molar-refractivity contribution in [3.05, 3.63) is 65.7 Å². The quantitative estimate of drug-likeness (QED) is 0.785. The fourth-order valence-corrected chi connectivity index (χ4v) is 3.30. The Morgan fingerprint density at radius 2 is 1.79 bits per heavy atom. The number of nitrogens with zero attached hydrogens (tertiary/aromatic N) is 1. The van der Waals surface area contributed by atoms with Crippen LogP contribution in [0.15, 0.2) is 54.6 Å². The Kier molecular flexibility index (Phi) is 7.11. The van der Waals surface area contributed by atoms with Crippen LogP contribution in [-0.4, -0.2) is 42.1 Å². The van der Waals surface area contributed by atoms with Crippen molar-refractivity contribution >= 4 is 11.9 Å². The van der Waals surface area contributed by atoms with Gasteiger partial charge in [-0.2, -0.15) is 0 Å².